The van der Waals surface area contributed by atoms with Crippen LogP contribution in [-0.2, 0) is 20.9 Å². The summed E-state index contributed by atoms with van der Waals surface area (Å²) < 4.78 is 24.0. The van der Waals surface area contributed by atoms with E-state index in [0.29, 0.717) is 23.6 Å². The number of benzene rings is 1. The van der Waals surface area contributed by atoms with Gasteiger partial charge in [-0.3, -0.25) is 0 Å². The number of hydrogen-bond donors (Lipinski definition) is 0. The number of halogens is 2. The predicted octanol–water partition coefficient (Wildman–Crippen LogP) is 3.46. The second-order valence-electron chi connectivity index (χ2n) is 3.16. The molecule has 1 saturated heterocycles. The number of hydrogen-bond acceptors (Lipinski definition) is 3. The van der Waals surface area contributed by atoms with Crippen molar-refractivity contribution in [1.29, 1.82) is 0 Å². The van der Waals surface area contributed by atoms with Crippen molar-refractivity contribution in [2.45, 2.75) is 12.5 Å². The van der Waals surface area contributed by atoms with Gasteiger partial charge in [-0.15, -0.1) is 0 Å². The SMILES string of the molecule is Fc1ccc(Cl)cc1C1CCO[PH](=S)O1. The van der Waals surface area contributed by atoms with Crippen molar-refractivity contribution in [3.8, 4) is 0 Å². The van der Waals surface area contributed by atoms with Crippen LogP contribution in [0.15, 0.2) is 18.2 Å². The molecule has 1 aliphatic heterocycles. The van der Waals surface area contributed by atoms with Crippen LogP contribution in [0.1, 0.15) is 18.1 Å². The molecule has 2 atom stereocenters. The molecular formula is C9H9ClFO2PS. The third-order valence-corrected chi connectivity index (χ3v) is 3.94. The van der Waals surface area contributed by atoms with Crippen LogP contribution in [0.4, 0.5) is 4.39 Å². The van der Waals surface area contributed by atoms with E-state index in [1.54, 1.807) is 6.07 Å². The Morgan fingerprint density at radius 2 is 2.33 bits per heavy atom. The molecule has 0 aromatic heterocycles. The van der Waals surface area contributed by atoms with Crippen molar-refractivity contribution in [2.75, 3.05) is 6.61 Å². The molecule has 0 saturated carbocycles. The molecule has 0 N–H and O–H groups in total. The van der Waals surface area contributed by atoms with Gasteiger partial charge in [0.05, 0.1) is 12.7 Å². The van der Waals surface area contributed by atoms with Crippen LogP contribution < -0.4 is 0 Å². The molecule has 0 radical (unpaired) electrons. The Bertz CT molecular complexity index is 402. The summed E-state index contributed by atoms with van der Waals surface area (Å²) in [5.41, 5.74) is 0.471. The summed E-state index contributed by atoms with van der Waals surface area (Å²) >= 11 is 10.7. The molecule has 2 nitrogen and oxygen atoms in total. The number of rotatable bonds is 1. The molecule has 1 fully saturated rings. The smallest absolute Gasteiger partial charge is 0.176 e. The van der Waals surface area contributed by atoms with Crippen molar-refractivity contribution >= 4 is 30.6 Å². The average Bonchev–Trinajstić information content (AvgIpc) is 2.22. The van der Waals surface area contributed by atoms with Gasteiger partial charge >= 0.3 is 0 Å². The first-order valence-electron chi connectivity index (χ1n) is 4.45. The maximum absolute atomic E-state index is 13.5. The highest BCUT2D eigenvalue weighted by Crippen LogP contribution is 2.41. The Balaban J connectivity index is 2.27. The van der Waals surface area contributed by atoms with Crippen LogP contribution in [0.5, 0.6) is 0 Å². The molecule has 6 heteroatoms. The summed E-state index contributed by atoms with van der Waals surface area (Å²) in [6.07, 6.45) is 0.297. The fourth-order valence-electron chi connectivity index (χ4n) is 1.44. The highest BCUT2D eigenvalue weighted by atomic mass is 35.5. The van der Waals surface area contributed by atoms with Crippen LogP contribution in [0.25, 0.3) is 0 Å². The van der Waals surface area contributed by atoms with Gasteiger partial charge < -0.3 is 9.05 Å². The molecule has 0 amide bonds. The first-order chi connectivity index (χ1) is 7.16. The first kappa shape index (κ1) is 11.5. The van der Waals surface area contributed by atoms with Crippen molar-refractivity contribution in [3.05, 3.63) is 34.6 Å². The highest BCUT2D eigenvalue weighted by Gasteiger charge is 2.22. The minimum atomic E-state index is -1.64. The predicted molar refractivity (Wildman–Crippen MR) is 61.5 cm³/mol. The van der Waals surface area contributed by atoms with Gasteiger partial charge in [-0.05, 0) is 30.0 Å². The minimum absolute atomic E-state index is 0.309. The molecule has 2 unspecified atom stereocenters. The summed E-state index contributed by atoms with van der Waals surface area (Å²) in [7, 11) is -1.64. The molecule has 82 valence electrons. The van der Waals surface area contributed by atoms with E-state index in [1.165, 1.54) is 12.1 Å². The third-order valence-electron chi connectivity index (χ3n) is 2.14. The van der Waals surface area contributed by atoms with Gasteiger partial charge in [0.15, 0.2) is 7.15 Å². The van der Waals surface area contributed by atoms with E-state index in [0.717, 1.165) is 0 Å². The molecular weight excluding hydrogens is 258 g/mol. The molecule has 2 rings (SSSR count). The highest BCUT2D eigenvalue weighted by molar-refractivity contribution is 8.00. The Labute approximate surface area is 97.9 Å². The first-order valence-corrected chi connectivity index (χ1v) is 7.28. The Morgan fingerprint density at radius 1 is 1.53 bits per heavy atom. The van der Waals surface area contributed by atoms with Crippen molar-refractivity contribution in [2.24, 2.45) is 0 Å². The van der Waals surface area contributed by atoms with Crippen molar-refractivity contribution < 1.29 is 13.4 Å². The zero-order chi connectivity index (χ0) is 10.8. The minimum Gasteiger partial charge on any atom is -0.331 e. The summed E-state index contributed by atoms with van der Waals surface area (Å²) in [6, 6.07) is 4.43. The normalized spacial score (nSPS) is 26.5. The molecule has 0 spiro atoms. The van der Waals surface area contributed by atoms with Gasteiger partial charge in [-0.1, -0.05) is 11.6 Å². The van der Waals surface area contributed by atoms with Gasteiger partial charge in [-0.25, -0.2) is 4.39 Å². The van der Waals surface area contributed by atoms with E-state index in [1.807, 2.05) is 0 Å². The van der Waals surface area contributed by atoms with E-state index >= 15 is 0 Å². The molecule has 1 aromatic rings. The lowest BCUT2D eigenvalue weighted by atomic mass is 10.1. The molecule has 15 heavy (non-hydrogen) atoms. The van der Waals surface area contributed by atoms with E-state index in [9.17, 15) is 4.39 Å². The van der Waals surface area contributed by atoms with Gasteiger partial charge in [0, 0.05) is 17.0 Å². The lowest BCUT2D eigenvalue weighted by molar-refractivity contribution is 0.116. The van der Waals surface area contributed by atoms with E-state index in [4.69, 9.17) is 32.5 Å². The molecule has 0 aliphatic carbocycles. The molecule has 1 aliphatic rings. The monoisotopic (exact) mass is 266 g/mol. The van der Waals surface area contributed by atoms with E-state index < -0.39 is 7.15 Å². The fourth-order valence-corrected chi connectivity index (χ4v) is 3.05. The molecule has 1 aromatic carbocycles. The fraction of sp³-hybridized carbons (Fsp3) is 0.333. The molecule has 0 bridgehead atoms. The van der Waals surface area contributed by atoms with Gasteiger partial charge in [-0.2, -0.15) is 0 Å². The van der Waals surface area contributed by atoms with Gasteiger partial charge in [0.2, 0.25) is 0 Å². The Hall–Kier alpha value is 0.01000. The average molecular weight is 267 g/mol. The maximum atomic E-state index is 13.5. The van der Waals surface area contributed by atoms with Crippen LogP contribution in [0, 0.1) is 5.82 Å². The Morgan fingerprint density at radius 3 is 3.07 bits per heavy atom. The standard InChI is InChI=1S/C9H9ClFO2PS/c10-6-1-2-8(11)7(5-6)9-3-4-12-14(15)13-9/h1-2,5,9,14H,3-4H2. The zero-order valence-corrected chi connectivity index (χ0v) is 10.3. The maximum Gasteiger partial charge on any atom is 0.176 e. The quantitative estimate of drug-likeness (QED) is 0.725. The summed E-state index contributed by atoms with van der Waals surface area (Å²) in [5, 5.41) is 0.500. The van der Waals surface area contributed by atoms with Crippen LogP contribution >= 0.6 is 18.8 Å². The van der Waals surface area contributed by atoms with Crippen LogP contribution in [0.2, 0.25) is 5.02 Å². The topological polar surface area (TPSA) is 18.5 Å². The summed E-state index contributed by atoms with van der Waals surface area (Å²) in [4.78, 5) is 0. The van der Waals surface area contributed by atoms with Crippen molar-refractivity contribution in [3.63, 3.8) is 0 Å². The summed E-state index contributed by atoms with van der Waals surface area (Å²) in [6.45, 7) is 0.522. The second kappa shape index (κ2) is 4.89. The zero-order valence-electron chi connectivity index (χ0n) is 7.70. The van der Waals surface area contributed by atoms with Gasteiger partial charge in [0.1, 0.15) is 5.82 Å². The molecule has 1 heterocycles. The summed E-state index contributed by atoms with van der Waals surface area (Å²) in [5.74, 6) is -0.309. The van der Waals surface area contributed by atoms with Crippen LogP contribution in [0.3, 0.4) is 0 Å². The van der Waals surface area contributed by atoms with E-state index in [-0.39, 0.29) is 11.9 Å². The lowest BCUT2D eigenvalue weighted by Gasteiger charge is -2.24. The Kier molecular flexibility index (Phi) is 3.75. The van der Waals surface area contributed by atoms with E-state index in [2.05, 4.69) is 0 Å². The third kappa shape index (κ3) is 2.77. The second-order valence-corrected chi connectivity index (χ2v) is 5.62. The largest absolute Gasteiger partial charge is 0.331 e. The van der Waals surface area contributed by atoms with Crippen molar-refractivity contribution in [1.82, 2.24) is 0 Å². The lowest BCUT2D eigenvalue weighted by Crippen LogP contribution is -2.10. The van der Waals surface area contributed by atoms with Crippen LogP contribution in [-0.4, -0.2) is 6.61 Å². The van der Waals surface area contributed by atoms with Gasteiger partial charge in [0.25, 0.3) is 0 Å².